The normalized spacial score (nSPS) is 20.5. The summed E-state index contributed by atoms with van der Waals surface area (Å²) < 4.78 is 16.5. The molecule has 4 atom stereocenters. The van der Waals surface area contributed by atoms with Crippen molar-refractivity contribution in [1.82, 2.24) is 15.5 Å². The molecule has 2 N–H and O–H groups in total. The van der Waals surface area contributed by atoms with Crippen LogP contribution in [-0.2, 0) is 36.8 Å². The maximum absolute atomic E-state index is 14.2. The highest BCUT2D eigenvalue weighted by Crippen LogP contribution is 2.32. The second kappa shape index (κ2) is 14.0. The maximum atomic E-state index is 14.2. The van der Waals surface area contributed by atoms with Gasteiger partial charge in [0.25, 0.3) is 0 Å². The first kappa shape index (κ1) is 34.0. The van der Waals surface area contributed by atoms with Crippen molar-refractivity contribution in [2.75, 3.05) is 13.7 Å². The number of benzene rings is 2. The van der Waals surface area contributed by atoms with Crippen LogP contribution in [0.4, 0.5) is 4.79 Å². The molecule has 2 aromatic rings. The van der Waals surface area contributed by atoms with E-state index in [1.807, 2.05) is 32.9 Å². The Morgan fingerprint density at radius 1 is 0.978 bits per heavy atom. The number of carbonyl (C=O) groups excluding carboxylic acids is 4. The molecule has 45 heavy (non-hydrogen) atoms. The first-order valence-electron chi connectivity index (χ1n) is 15.6. The smallest absolute Gasteiger partial charge is 0.408 e. The van der Waals surface area contributed by atoms with Crippen LogP contribution >= 0.6 is 0 Å². The van der Waals surface area contributed by atoms with Crippen LogP contribution in [0.2, 0.25) is 0 Å². The summed E-state index contributed by atoms with van der Waals surface area (Å²) in [5.41, 5.74) is 2.20. The van der Waals surface area contributed by atoms with Crippen LogP contribution in [-0.4, -0.2) is 66.2 Å². The number of fused-ring (bicyclic) bond motifs is 1. The lowest BCUT2D eigenvalue weighted by molar-refractivity contribution is -0.142. The largest absolute Gasteiger partial charge is 0.465 e. The molecule has 1 aliphatic heterocycles. The first-order valence-corrected chi connectivity index (χ1v) is 15.6. The average Bonchev–Trinajstić information content (AvgIpc) is 3.42. The van der Waals surface area contributed by atoms with Crippen molar-refractivity contribution in [1.29, 1.82) is 0 Å². The lowest BCUT2D eigenvalue weighted by atomic mass is 9.85. The van der Waals surface area contributed by atoms with Crippen LogP contribution in [0.25, 0.3) is 0 Å². The molecule has 1 fully saturated rings. The van der Waals surface area contributed by atoms with Crippen LogP contribution in [0, 0.1) is 5.41 Å². The molecule has 4 rings (SSSR count). The van der Waals surface area contributed by atoms with E-state index in [0.717, 1.165) is 30.4 Å². The third kappa shape index (κ3) is 8.84. The molecular weight excluding hydrogens is 574 g/mol. The summed E-state index contributed by atoms with van der Waals surface area (Å²) in [4.78, 5) is 54.3. The summed E-state index contributed by atoms with van der Waals surface area (Å²) in [7, 11) is 1.33. The molecule has 3 amide bonds. The molecule has 1 saturated heterocycles. The Bertz CT molecular complexity index is 1380. The minimum atomic E-state index is -0.942. The minimum absolute atomic E-state index is 0.147. The number of ether oxygens (including phenoxy) is 3. The zero-order valence-electron chi connectivity index (χ0n) is 27.5. The molecule has 2 unspecified atom stereocenters. The Morgan fingerprint density at radius 2 is 1.67 bits per heavy atom. The average molecular weight is 622 g/mol. The van der Waals surface area contributed by atoms with Crippen LogP contribution in [0.5, 0.6) is 0 Å². The molecule has 0 spiro atoms. The predicted molar refractivity (Wildman–Crippen MR) is 169 cm³/mol. The fourth-order valence-corrected chi connectivity index (χ4v) is 5.89. The second-order valence-corrected chi connectivity index (χ2v) is 14.0. The van der Waals surface area contributed by atoms with Crippen molar-refractivity contribution in [3.05, 3.63) is 70.8 Å². The number of methoxy groups -OCH3 is 1. The lowest BCUT2D eigenvalue weighted by Gasteiger charge is -2.36. The quantitative estimate of drug-likeness (QED) is 0.394. The number of amides is 3. The van der Waals surface area contributed by atoms with E-state index in [1.54, 1.807) is 49.9 Å². The van der Waals surface area contributed by atoms with Crippen LogP contribution in [0.3, 0.4) is 0 Å². The van der Waals surface area contributed by atoms with Crippen molar-refractivity contribution < 1.29 is 33.4 Å². The molecule has 0 radical (unpaired) electrons. The number of nitrogens with zero attached hydrogens (tertiary/aromatic N) is 1. The molecule has 0 bridgehead atoms. The summed E-state index contributed by atoms with van der Waals surface area (Å²) in [5, 5.41) is 6.00. The molecule has 2 aliphatic rings. The summed E-state index contributed by atoms with van der Waals surface area (Å²) >= 11 is 0. The standard InChI is InChI=1S/C35H47N3O7/c1-34(2,3)29(37-33(42)45-35(4,5)6)31(40)38-20-25(44-21-22-15-17-24(18-16-22)32(41)43-7)19-28(38)30(39)36-27-14-10-12-23-11-8-9-13-26(23)27/h8-9,11,13,15-18,25,27-29H,10,12,14,19-21H2,1-7H3,(H,36,39)(H,37,42)/t25-,27?,28-,29?/m0/s1. The van der Waals surface area contributed by atoms with Gasteiger partial charge in [0.1, 0.15) is 17.7 Å². The van der Waals surface area contributed by atoms with Crippen molar-refractivity contribution in [3.8, 4) is 0 Å². The number of rotatable bonds is 8. The highest BCUT2D eigenvalue weighted by Gasteiger charge is 2.46. The molecule has 0 aromatic heterocycles. The molecule has 2 aromatic carbocycles. The van der Waals surface area contributed by atoms with E-state index in [9.17, 15) is 19.2 Å². The van der Waals surface area contributed by atoms with Crippen molar-refractivity contribution in [2.45, 2.75) is 104 Å². The number of hydrogen-bond donors (Lipinski definition) is 2. The highest BCUT2D eigenvalue weighted by atomic mass is 16.6. The zero-order chi connectivity index (χ0) is 32.9. The van der Waals surface area contributed by atoms with Gasteiger partial charge in [0, 0.05) is 13.0 Å². The van der Waals surface area contributed by atoms with E-state index in [-0.39, 0.29) is 31.0 Å². The van der Waals surface area contributed by atoms with Crippen molar-refractivity contribution in [2.24, 2.45) is 5.41 Å². The number of nitrogens with one attached hydrogen (secondary N) is 2. The van der Waals surface area contributed by atoms with E-state index < -0.39 is 41.3 Å². The summed E-state index contributed by atoms with van der Waals surface area (Å²) in [6, 6.07) is 13.2. The molecule has 0 saturated carbocycles. The predicted octanol–water partition coefficient (Wildman–Crippen LogP) is 5.09. The van der Waals surface area contributed by atoms with Gasteiger partial charge in [0.05, 0.1) is 31.4 Å². The molecule has 10 heteroatoms. The van der Waals surface area contributed by atoms with Gasteiger partial charge in [-0.3, -0.25) is 9.59 Å². The third-order valence-corrected chi connectivity index (χ3v) is 8.17. The third-order valence-electron chi connectivity index (χ3n) is 8.17. The van der Waals surface area contributed by atoms with Crippen molar-refractivity contribution in [3.63, 3.8) is 0 Å². The van der Waals surface area contributed by atoms with Crippen LogP contribution < -0.4 is 10.6 Å². The summed E-state index contributed by atoms with van der Waals surface area (Å²) in [6.07, 6.45) is 1.92. The number of alkyl carbamates (subject to hydrolysis) is 1. The van der Waals surface area contributed by atoms with Gasteiger partial charge in [0.15, 0.2) is 0 Å². The van der Waals surface area contributed by atoms with E-state index in [2.05, 4.69) is 22.8 Å². The number of hydrogen-bond acceptors (Lipinski definition) is 7. The van der Waals surface area contributed by atoms with E-state index >= 15 is 0 Å². The van der Waals surface area contributed by atoms with Gasteiger partial charge in [-0.15, -0.1) is 0 Å². The number of carbonyl (C=O) groups is 4. The Morgan fingerprint density at radius 3 is 2.31 bits per heavy atom. The van der Waals surface area contributed by atoms with E-state index in [1.165, 1.54) is 12.7 Å². The SMILES string of the molecule is COC(=O)c1ccc(CO[C@H]2C[C@@H](C(=O)NC3CCCc4ccccc43)N(C(=O)C(NC(=O)OC(C)(C)C)C(C)(C)C)C2)cc1. The van der Waals surface area contributed by atoms with Crippen LogP contribution in [0.15, 0.2) is 48.5 Å². The maximum Gasteiger partial charge on any atom is 0.408 e. The molecule has 1 aliphatic carbocycles. The number of aryl methyl sites for hydroxylation is 1. The van der Waals surface area contributed by atoms with Gasteiger partial charge in [-0.25, -0.2) is 9.59 Å². The molecule has 244 valence electrons. The van der Waals surface area contributed by atoms with Gasteiger partial charge in [-0.2, -0.15) is 0 Å². The molecule has 10 nitrogen and oxygen atoms in total. The van der Waals surface area contributed by atoms with Gasteiger partial charge >= 0.3 is 12.1 Å². The highest BCUT2D eigenvalue weighted by molar-refractivity contribution is 5.92. The Balaban J connectivity index is 1.54. The van der Waals surface area contributed by atoms with Crippen molar-refractivity contribution >= 4 is 23.9 Å². The first-order chi connectivity index (χ1) is 21.2. The van der Waals surface area contributed by atoms with E-state index in [4.69, 9.17) is 14.2 Å². The second-order valence-electron chi connectivity index (χ2n) is 14.0. The van der Waals surface area contributed by atoms with Gasteiger partial charge in [-0.05, 0) is 74.3 Å². The fraction of sp³-hybridized carbons (Fsp3) is 0.543. The van der Waals surface area contributed by atoms with Crippen LogP contribution in [0.1, 0.15) is 93.9 Å². The Hall–Kier alpha value is -3.92. The Labute approximate surface area is 266 Å². The minimum Gasteiger partial charge on any atom is -0.465 e. The number of esters is 1. The molecule has 1 heterocycles. The Kier molecular flexibility index (Phi) is 10.6. The lowest BCUT2D eigenvalue weighted by Crippen LogP contribution is -2.58. The number of likely N-dealkylation sites (tertiary alicyclic amines) is 1. The van der Waals surface area contributed by atoms with Gasteiger partial charge < -0.3 is 29.7 Å². The fourth-order valence-electron chi connectivity index (χ4n) is 5.89. The zero-order valence-corrected chi connectivity index (χ0v) is 27.5. The topological polar surface area (TPSA) is 123 Å². The van der Waals surface area contributed by atoms with E-state index in [0.29, 0.717) is 12.0 Å². The van der Waals surface area contributed by atoms with Gasteiger partial charge in [-0.1, -0.05) is 57.2 Å². The summed E-state index contributed by atoms with van der Waals surface area (Å²) in [5.74, 6) is -1.04. The monoisotopic (exact) mass is 621 g/mol. The molecular formula is C35H47N3O7. The summed E-state index contributed by atoms with van der Waals surface area (Å²) in [6.45, 7) is 11.3. The van der Waals surface area contributed by atoms with Gasteiger partial charge in [0.2, 0.25) is 11.8 Å².